The van der Waals surface area contributed by atoms with Crippen LogP contribution in [0.5, 0.6) is 11.5 Å². The Morgan fingerprint density at radius 1 is 1.09 bits per heavy atom. The molecule has 22 heavy (non-hydrogen) atoms. The van der Waals surface area contributed by atoms with Gasteiger partial charge in [0.1, 0.15) is 17.3 Å². The Morgan fingerprint density at radius 3 is 2.23 bits per heavy atom. The highest BCUT2D eigenvalue weighted by atomic mass is 19.1. The molecule has 5 heteroatoms. The molecule has 0 bridgehead atoms. The zero-order valence-electron chi connectivity index (χ0n) is 12.2. The van der Waals surface area contributed by atoms with Crippen molar-refractivity contribution < 1.29 is 23.8 Å². The summed E-state index contributed by atoms with van der Waals surface area (Å²) in [6.45, 7) is 0.251. The summed E-state index contributed by atoms with van der Waals surface area (Å²) in [4.78, 5) is 11.3. The number of methoxy groups -OCH3 is 1. The molecule has 0 aliphatic rings. The molecule has 0 heterocycles. The maximum atomic E-state index is 12.9. The van der Waals surface area contributed by atoms with E-state index in [2.05, 4.69) is 0 Å². The van der Waals surface area contributed by atoms with Crippen molar-refractivity contribution in [3.8, 4) is 11.5 Å². The molecule has 1 N–H and O–H groups in total. The smallest absolute Gasteiger partial charge is 0.311 e. The van der Waals surface area contributed by atoms with Crippen molar-refractivity contribution in [2.45, 2.75) is 12.3 Å². The van der Waals surface area contributed by atoms with Gasteiger partial charge in [0.2, 0.25) is 0 Å². The summed E-state index contributed by atoms with van der Waals surface area (Å²) in [7, 11) is 1.58. The number of hydrogen-bond acceptors (Lipinski definition) is 3. The fourth-order valence-electron chi connectivity index (χ4n) is 2.09. The summed E-state index contributed by atoms with van der Waals surface area (Å²) < 4.78 is 23.5. The van der Waals surface area contributed by atoms with Crippen LogP contribution in [0.4, 0.5) is 4.39 Å². The molecule has 4 nitrogen and oxygen atoms in total. The Bertz CT molecular complexity index is 608. The quantitative estimate of drug-likeness (QED) is 0.851. The largest absolute Gasteiger partial charge is 0.497 e. The standard InChI is InChI=1S/C17H17FO4/c1-21-14-6-8-15(9-7-14)22-11-10-16(17(19)20)12-2-4-13(18)5-3-12/h2-9,16H,10-11H2,1H3,(H,19,20). The molecule has 0 saturated carbocycles. The van der Waals surface area contributed by atoms with Crippen LogP contribution in [0.2, 0.25) is 0 Å². The Labute approximate surface area is 128 Å². The lowest BCUT2D eigenvalue weighted by atomic mass is 9.96. The van der Waals surface area contributed by atoms with Crippen molar-refractivity contribution in [3.05, 3.63) is 59.9 Å². The molecule has 116 valence electrons. The van der Waals surface area contributed by atoms with Crippen molar-refractivity contribution in [1.82, 2.24) is 0 Å². The predicted molar refractivity (Wildman–Crippen MR) is 79.9 cm³/mol. The molecule has 0 aliphatic heterocycles. The van der Waals surface area contributed by atoms with Crippen LogP contribution >= 0.6 is 0 Å². The van der Waals surface area contributed by atoms with Crippen LogP contribution in [0.3, 0.4) is 0 Å². The van der Waals surface area contributed by atoms with Crippen LogP contribution in [0.25, 0.3) is 0 Å². The summed E-state index contributed by atoms with van der Waals surface area (Å²) >= 11 is 0. The summed E-state index contributed by atoms with van der Waals surface area (Å²) in [6.07, 6.45) is 0.299. The van der Waals surface area contributed by atoms with Gasteiger partial charge in [0, 0.05) is 0 Å². The molecular formula is C17H17FO4. The second-order valence-corrected chi connectivity index (χ2v) is 4.76. The molecular weight excluding hydrogens is 287 g/mol. The predicted octanol–water partition coefficient (Wildman–Crippen LogP) is 3.47. The Balaban J connectivity index is 1.94. The van der Waals surface area contributed by atoms with E-state index in [1.54, 1.807) is 31.4 Å². The van der Waals surface area contributed by atoms with Gasteiger partial charge in [0.05, 0.1) is 19.6 Å². The normalized spacial score (nSPS) is 11.7. The first-order valence-electron chi connectivity index (χ1n) is 6.85. The van der Waals surface area contributed by atoms with Gasteiger partial charge in [0.25, 0.3) is 0 Å². The van der Waals surface area contributed by atoms with Crippen LogP contribution in [0, 0.1) is 5.82 Å². The van der Waals surface area contributed by atoms with Gasteiger partial charge in [-0.3, -0.25) is 4.79 Å². The van der Waals surface area contributed by atoms with E-state index in [0.717, 1.165) is 5.75 Å². The van der Waals surface area contributed by atoms with Gasteiger partial charge >= 0.3 is 5.97 Å². The lowest BCUT2D eigenvalue weighted by molar-refractivity contribution is -0.139. The minimum absolute atomic E-state index is 0.251. The third kappa shape index (κ3) is 4.22. The Hall–Kier alpha value is -2.56. The number of hydrogen-bond donors (Lipinski definition) is 1. The van der Waals surface area contributed by atoms with Crippen molar-refractivity contribution in [2.24, 2.45) is 0 Å². The van der Waals surface area contributed by atoms with Crippen LogP contribution in [-0.2, 0) is 4.79 Å². The molecule has 1 unspecified atom stereocenters. The van der Waals surface area contributed by atoms with E-state index in [-0.39, 0.29) is 12.4 Å². The first-order valence-corrected chi connectivity index (χ1v) is 6.85. The average molecular weight is 304 g/mol. The zero-order chi connectivity index (χ0) is 15.9. The second kappa shape index (κ2) is 7.45. The monoisotopic (exact) mass is 304 g/mol. The van der Waals surface area contributed by atoms with E-state index in [0.29, 0.717) is 17.7 Å². The molecule has 2 aromatic rings. The van der Waals surface area contributed by atoms with Crippen LogP contribution < -0.4 is 9.47 Å². The van der Waals surface area contributed by atoms with Gasteiger partial charge in [-0.05, 0) is 48.4 Å². The number of benzene rings is 2. The van der Waals surface area contributed by atoms with E-state index in [9.17, 15) is 14.3 Å². The highest BCUT2D eigenvalue weighted by molar-refractivity contribution is 5.76. The van der Waals surface area contributed by atoms with Gasteiger partial charge in [0.15, 0.2) is 0 Å². The zero-order valence-corrected chi connectivity index (χ0v) is 12.2. The fourth-order valence-corrected chi connectivity index (χ4v) is 2.09. The molecule has 0 saturated heterocycles. The molecule has 0 fully saturated rings. The van der Waals surface area contributed by atoms with Crippen LogP contribution in [-0.4, -0.2) is 24.8 Å². The highest BCUT2D eigenvalue weighted by Gasteiger charge is 2.19. The van der Waals surface area contributed by atoms with Gasteiger partial charge < -0.3 is 14.6 Å². The van der Waals surface area contributed by atoms with E-state index in [4.69, 9.17) is 9.47 Å². The molecule has 0 aliphatic carbocycles. The third-order valence-electron chi connectivity index (χ3n) is 3.31. The highest BCUT2D eigenvalue weighted by Crippen LogP contribution is 2.22. The molecule has 0 radical (unpaired) electrons. The second-order valence-electron chi connectivity index (χ2n) is 4.76. The summed E-state index contributed by atoms with van der Waals surface area (Å²) in [5.74, 6) is -0.697. The number of rotatable bonds is 7. The molecule has 0 amide bonds. The summed E-state index contributed by atoms with van der Waals surface area (Å²) in [5.41, 5.74) is 0.562. The Morgan fingerprint density at radius 2 is 1.68 bits per heavy atom. The minimum Gasteiger partial charge on any atom is -0.497 e. The van der Waals surface area contributed by atoms with Crippen molar-refractivity contribution in [2.75, 3.05) is 13.7 Å². The topological polar surface area (TPSA) is 55.8 Å². The molecule has 2 aromatic carbocycles. The number of carbonyl (C=O) groups is 1. The molecule has 1 atom stereocenters. The van der Waals surface area contributed by atoms with Gasteiger partial charge in [-0.15, -0.1) is 0 Å². The van der Waals surface area contributed by atoms with Crippen molar-refractivity contribution >= 4 is 5.97 Å². The van der Waals surface area contributed by atoms with Crippen molar-refractivity contribution in [1.29, 1.82) is 0 Å². The fraction of sp³-hybridized carbons (Fsp3) is 0.235. The number of aliphatic carboxylic acids is 1. The molecule has 0 spiro atoms. The number of halogens is 1. The van der Waals surface area contributed by atoms with E-state index in [1.165, 1.54) is 24.3 Å². The van der Waals surface area contributed by atoms with E-state index in [1.807, 2.05) is 0 Å². The van der Waals surface area contributed by atoms with Gasteiger partial charge in [-0.25, -0.2) is 4.39 Å². The van der Waals surface area contributed by atoms with Gasteiger partial charge in [-0.1, -0.05) is 12.1 Å². The third-order valence-corrected chi connectivity index (χ3v) is 3.31. The number of carboxylic acid groups (broad SMARTS) is 1. The first-order chi connectivity index (χ1) is 10.6. The maximum absolute atomic E-state index is 12.9. The number of ether oxygens (including phenoxy) is 2. The van der Waals surface area contributed by atoms with E-state index >= 15 is 0 Å². The summed E-state index contributed by atoms with van der Waals surface area (Å²) in [5, 5.41) is 9.30. The minimum atomic E-state index is -0.954. The Kier molecular flexibility index (Phi) is 5.36. The maximum Gasteiger partial charge on any atom is 0.311 e. The number of carboxylic acids is 1. The molecule has 2 rings (SSSR count). The molecule has 0 aromatic heterocycles. The summed E-state index contributed by atoms with van der Waals surface area (Å²) in [6, 6.07) is 12.5. The van der Waals surface area contributed by atoms with Gasteiger partial charge in [-0.2, -0.15) is 0 Å². The SMILES string of the molecule is COc1ccc(OCCC(C(=O)O)c2ccc(F)cc2)cc1. The first kappa shape index (κ1) is 15.8. The van der Waals surface area contributed by atoms with E-state index < -0.39 is 11.9 Å². The average Bonchev–Trinajstić information content (AvgIpc) is 2.53. The van der Waals surface area contributed by atoms with Crippen LogP contribution in [0.1, 0.15) is 17.9 Å². The van der Waals surface area contributed by atoms with Crippen molar-refractivity contribution in [3.63, 3.8) is 0 Å². The lowest BCUT2D eigenvalue weighted by Crippen LogP contribution is -2.15. The lowest BCUT2D eigenvalue weighted by Gasteiger charge is -2.13. The van der Waals surface area contributed by atoms with Crippen LogP contribution in [0.15, 0.2) is 48.5 Å².